The van der Waals surface area contributed by atoms with Gasteiger partial charge in [-0.2, -0.15) is 0 Å². The maximum Gasteiger partial charge on any atom is 0.245 e. The fourth-order valence-corrected chi connectivity index (χ4v) is 2.66. The summed E-state index contributed by atoms with van der Waals surface area (Å²) in [6, 6.07) is 13.7. The number of halogens is 3. The molecule has 0 saturated heterocycles. The van der Waals surface area contributed by atoms with Crippen molar-refractivity contribution in [1.82, 2.24) is 0 Å². The Morgan fingerprint density at radius 1 is 1.24 bits per heavy atom. The predicted octanol–water partition coefficient (Wildman–Crippen LogP) is 5.41. The molecule has 0 spiro atoms. The van der Waals surface area contributed by atoms with Crippen LogP contribution in [-0.4, -0.2) is 5.24 Å². The van der Waals surface area contributed by atoms with Gasteiger partial charge in [0, 0.05) is 4.47 Å². The van der Waals surface area contributed by atoms with Crippen molar-refractivity contribution in [1.29, 1.82) is 0 Å². The van der Waals surface area contributed by atoms with Crippen molar-refractivity contribution < 1.29 is 9.53 Å². The normalized spacial score (nSPS) is 10.8. The second-order valence-electron chi connectivity index (χ2n) is 4.24. The van der Waals surface area contributed by atoms with Gasteiger partial charge in [-0.25, -0.2) is 0 Å². The minimum atomic E-state index is -0.486. The zero-order valence-corrected chi connectivity index (χ0v) is 15.4. The first-order valence-corrected chi connectivity index (χ1v) is 8.34. The Bertz CT molecular complexity index is 668. The summed E-state index contributed by atoms with van der Waals surface area (Å²) >= 11 is 10.9. The molecule has 2 rings (SSSR count). The molecule has 0 aliphatic carbocycles. The monoisotopic (exact) mass is 476 g/mol. The lowest BCUT2D eigenvalue weighted by Crippen LogP contribution is -1.97. The molecule has 108 valence electrons. The van der Waals surface area contributed by atoms with Crippen molar-refractivity contribution in [2.24, 2.45) is 0 Å². The van der Waals surface area contributed by atoms with Crippen LogP contribution in [0.15, 0.2) is 53.0 Å². The molecule has 0 saturated carbocycles. The van der Waals surface area contributed by atoms with E-state index in [9.17, 15) is 4.79 Å². The van der Waals surface area contributed by atoms with E-state index in [2.05, 4.69) is 38.5 Å². The molecule has 0 unspecified atom stereocenters. The standard InChI is InChI=1S/C16H11BrClIO2/c17-13-5-1-12(2-6-13)10-21-15-7-3-11(9-14(15)19)4-8-16(18)20/h1-9H,10H2/b8-4+. The molecular weight excluding hydrogens is 466 g/mol. The molecule has 0 heterocycles. The first-order valence-electron chi connectivity index (χ1n) is 6.09. The maximum absolute atomic E-state index is 10.7. The molecule has 0 radical (unpaired) electrons. The van der Waals surface area contributed by atoms with Crippen molar-refractivity contribution in [3.05, 3.63) is 67.7 Å². The molecule has 0 atom stereocenters. The number of carbonyl (C=O) groups is 1. The number of hydrogen-bond donors (Lipinski definition) is 0. The van der Waals surface area contributed by atoms with E-state index in [4.69, 9.17) is 16.3 Å². The Morgan fingerprint density at radius 3 is 2.57 bits per heavy atom. The quantitative estimate of drug-likeness (QED) is 0.327. The average Bonchev–Trinajstić information content (AvgIpc) is 2.46. The number of hydrogen-bond acceptors (Lipinski definition) is 2. The van der Waals surface area contributed by atoms with Gasteiger partial charge >= 0.3 is 0 Å². The number of ether oxygens (including phenoxy) is 1. The minimum Gasteiger partial charge on any atom is -0.488 e. The molecule has 0 aromatic heterocycles. The fourth-order valence-electron chi connectivity index (χ4n) is 1.64. The minimum absolute atomic E-state index is 0.486. The molecule has 0 N–H and O–H groups in total. The summed E-state index contributed by atoms with van der Waals surface area (Å²) in [7, 11) is 0. The highest BCUT2D eigenvalue weighted by Crippen LogP contribution is 2.24. The average molecular weight is 478 g/mol. The van der Waals surface area contributed by atoms with E-state index in [1.54, 1.807) is 6.08 Å². The van der Waals surface area contributed by atoms with E-state index < -0.39 is 5.24 Å². The van der Waals surface area contributed by atoms with E-state index in [0.29, 0.717) is 6.61 Å². The van der Waals surface area contributed by atoms with Crippen LogP contribution >= 0.6 is 50.1 Å². The van der Waals surface area contributed by atoms with Crippen LogP contribution in [-0.2, 0) is 11.4 Å². The van der Waals surface area contributed by atoms with Crippen molar-refractivity contribution in [2.75, 3.05) is 0 Å². The van der Waals surface area contributed by atoms with Crippen LogP contribution < -0.4 is 4.74 Å². The first-order chi connectivity index (χ1) is 10.0. The molecule has 2 aromatic carbocycles. The molecule has 0 bridgehead atoms. The second-order valence-corrected chi connectivity index (χ2v) is 6.69. The van der Waals surface area contributed by atoms with E-state index >= 15 is 0 Å². The van der Waals surface area contributed by atoms with Crippen LogP contribution in [0, 0.1) is 3.57 Å². The Kier molecular flexibility index (Phi) is 6.26. The van der Waals surface area contributed by atoms with E-state index in [1.807, 2.05) is 42.5 Å². The van der Waals surface area contributed by atoms with E-state index in [0.717, 1.165) is 24.9 Å². The third-order valence-electron chi connectivity index (χ3n) is 2.67. The smallest absolute Gasteiger partial charge is 0.245 e. The summed E-state index contributed by atoms with van der Waals surface area (Å²) < 4.78 is 7.83. The van der Waals surface area contributed by atoms with E-state index in [1.165, 1.54) is 6.08 Å². The Balaban J connectivity index is 2.04. The fraction of sp³-hybridized carbons (Fsp3) is 0.0625. The number of allylic oxidation sites excluding steroid dienone is 1. The zero-order chi connectivity index (χ0) is 15.2. The van der Waals surface area contributed by atoms with Gasteiger partial charge in [-0.3, -0.25) is 4.79 Å². The highest BCUT2D eigenvalue weighted by atomic mass is 127. The molecule has 0 amide bonds. The van der Waals surface area contributed by atoms with Crippen molar-refractivity contribution in [3.63, 3.8) is 0 Å². The summed E-state index contributed by atoms with van der Waals surface area (Å²) in [4.78, 5) is 10.7. The summed E-state index contributed by atoms with van der Waals surface area (Å²) in [6.07, 6.45) is 3.01. The van der Waals surface area contributed by atoms with Gasteiger partial charge in [-0.15, -0.1) is 0 Å². The Morgan fingerprint density at radius 2 is 1.95 bits per heavy atom. The molecule has 2 nitrogen and oxygen atoms in total. The van der Waals surface area contributed by atoms with Crippen molar-refractivity contribution >= 4 is 61.4 Å². The van der Waals surface area contributed by atoms with Crippen LogP contribution in [0.1, 0.15) is 11.1 Å². The summed E-state index contributed by atoms with van der Waals surface area (Å²) in [5.74, 6) is 0.813. The topological polar surface area (TPSA) is 26.3 Å². The molecule has 2 aromatic rings. The SMILES string of the molecule is O=C(Cl)/C=C/c1ccc(OCc2ccc(Br)cc2)c(I)c1. The number of carbonyl (C=O) groups excluding carboxylic acids is 1. The van der Waals surface area contributed by atoms with Gasteiger partial charge in [0.2, 0.25) is 5.24 Å². The molecule has 0 aliphatic heterocycles. The third-order valence-corrected chi connectivity index (χ3v) is 4.17. The Labute approximate surface area is 150 Å². The van der Waals surface area contributed by atoms with Crippen LogP contribution in [0.3, 0.4) is 0 Å². The predicted molar refractivity (Wildman–Crippen MR) is 97.5 cm³/mol. The van der Waals surface area contributed by atoms with Gasteiger partial charge in [0.05, 0.1) is 3.57 Å². The summed E-state index contributed by atoms with van der Waals surface area (Å²) in [5.41, 5.74) is 2.01. The lowest BCUT2D eigenvalue weighted by molar-refractivity contribution is -0.107. The van der Waals surface area contributed by atoms with E-state index in [-0.39, 0.29) is 0 Å². The van der Waals surface area contributed by atoms with Crippen LogP contribution in [0.4, 0.5) is 0 Å². The molecular formula is C16H11BrClIO2. The number of rotatable bonds is 5. The second kappa shape index (κ2) is 7.96. The number of benzene rings is 2. The van der Waals surface area contributed by atoms with Gasteiger partial charge in [0.15, 0.2) is 0 Å². The van der Waals surface area contributed by atoms with Gasteiger partial charge < -0.3 is 4.74 Å². The third kappa shape index (κ3) is 5.45. The first kappa shape index (κ1) is 16.5. The zero-order valence-electron chi connectivity index (χ0n) is 10.9. The largest absolute Gasteiger partial charge is 0.488 e. The van der Waals surface area contributed by atoms with Gasteiger partial charge in [-0.1, -0.05) is 40.2 Å². The van der Waals surface area contributed by atoms with Crippen LogP contribution in [0.25, 0.3) is 6.08 Å². The van der Waals surface area contributed by atoms with Gasteiger partial charge in [-0.05, 0) is 75.7 Å². The van der Waals surface area contributed by atoms with Crippen LogP contribution in [0.5, 0.6) is 5.75 Å². The highest BCUT2D eigenvalue weighted by Gasteiger charge is 2.02. The van der Waals surface area contributed by atoms with Crippen molar-refractivity contribution in [3.8, 4) is 5.75 Å². The summed E-state index contributed by atoms with van der Waals surface area (Å²) in [6.45, 7) is 0.513. The summed E-state index contributed by atoms with van der Waals surface area (Å²) in [5, 5.41) is -0.486. The molecule has 0 fully saturated rings. The van der Waals surface area contributed by atoms with Crippen LogP contribution in [0.2, 0.25) is 0 Å². The highest BCUT2D eigenvalue weighted by molar-refractivity contribution is 14.1. The lowest BCUT2D eigenvalue weighted by atomic mass is 10.2. The molecule has 0 aliphatic rings. The van der Waals surface area contributed by atoms with Gasteiger partial charge in [0.1, 0.15) is 12.4 Å². The van der Waals surface area contributed by atoms with Gasteiger partial charge in [0.25, 0.3) is 0 Å². The Hall–Kier alpha value is -0.850. The lowest BCUT2D eigenvalue weighted by Gasteiger charge is -2.09. The molecule has 5 heteroatoms. The van der Waals surface area contributed by atoms with Crippen molar-refractivity contribution in [2.45, 2.75) is 6.61 Å². The molecule has 21 heavy (non-hydrogen) atoms. The maximum atomic E-state index is 10.7.